The Kier molecular flexibility index (Phi) is 10.1. The van der Waals surface area contributed by atoms with Crippen molar-refractivity contribution in [2.24, 2.45) is 7.05 Å². The third kappa shape index (κ3) is 7.76. The summed E-state index contributed by atoms with van der Waals surface area (Å²) in [7, 11) is 1.57. The van der Waals surface area contributed by atoms with E-state index in [1.165, 1.54) is 15.7 Å². The predicted molar refractivity (Wildman–Crippen MR) is 176 cm³/mol. The largest absolute Gasteiger partial charge is 0.351 e. The molecule has 0 bridgehead atoms. The maximum Gasteiger partial charge on any atom is 0.274 e. The number of rotatable bonds is 11. The lowest BCUT2D eigenvalue weighted by atomic mass is 9.88. The second kappa shape index (κ2) is 14.8. The molecule has 1 aromatic heterocycles. The van der Waals surface area contributed by atoms with Gasteiger partial charge in [-0.1, -0.05) is 103 Å². The van der Waals surface area contributed by atoms with Crippen LogP contribution in [0, 0.1) is 0 Å². The van der Waals surface area contributed by atoms with Gasteiger partial charge in [-0.2, -0.15) is 0 Å². The Balaban J connectivity index is 1.19. The first-order valence-electron chi connectivity index (χ1n) is 14.8. The molecule has 5 rings (SSSR count). The number of nitrogens with one attached hydrogen (secondary N) is 3. The molecule has 0 aliphatic carbocycles. The average molecular weight is 585 g/mol. The number of carbonyl (C=O) groups excluding carboxylic acids is 1. The highest BCUT2D eigenvalue weighted by Crippen LogP contribution is 2.27. The first kappa shape index (κ1) is 30.2. The standard InChI is InChI=1S/C37H36N4O3/c1-41-34(26-27-12-5-2-6-13-27)36(43)40-33(37(41)44)25-28-14-11-19-31(24-28)35(42)39-23-22-38-21-20-32(29-15-7-3-8-16-29)30-17-9-4-10-18-30/h2-19,24-26,32,38H,20-23H2,1H3,(H,39,42)(H,40,43). The second-order valence-electron chi connectivity index (χ2n) is 10.6. The lowest BCUT2D eigenvalue weighted by Gasteiger charge is -2.18. The van der Waals surface area contributed by atoms with Crippen molar-refractivity contribution in [1.82, 2.24) is 20.2 Å². The van der Waals surface area contributed by atoms with Crippen molar-refractivity contribution >= 4 is 18.1 Å². The molecule has 0 aliphatic rings. The first-order valence-corrected chi connectivity index (χ1v) is 14.8. The van der Waals surface area contributed by atoms with Gasteiger partial charge in [-0.05, 0) is 59.5 Å². The number of hydrogen-bond acceptors (Lipinski definition) is 4. The van der Waals surface area contributed by atoms with Crippen molar-refractivity contribution in [2.75, 3.05) is 19.6 Å². The summed E-state index contributed by atoms with van der Waals surface area (Å²) < 4.78 is 1.34. The average Bonchev–Trinajstić information content (AvgIpc) is 3.06. The number of H-pyrrole nitrogens is 1. The van der Waals surface area contributed by atoms with Crippen LogP contribution >= 0.6 is 0 Å². The number of aromatic amines is 1. The summed E-state index contributed by atoms with van der Waals surface area (Å²) in [6.45, 7) is 1.92. The van der Waals surface area contributed by atoms with E-state index >= 15 is 0 Å². The molecular weight excluding hydrogens is 548 g/mol. The van der Waals surface area contributed by atoms with Gasteiger partial charge in [0.15, 0.2) is 0 Å². The number of nitrogens with zero attached hydrogens (tertiary/aromatic N) is 1. The fourth-order valence-corrected chi connectivity index (χ4v) is 5.22. The van der Waals surface area contributed by atoms with Crippen molar-refractivity contribution in [1.29, 1.82) is 0 Å². The van der Waals surface area contributed by atoms with E-state index in [0.717, 1.165) is 18.5 Å². The number of hydrogen-bond donors (Lipinski definition) is 3. The van der Waals surface area contributed by atoms with Gasteiger partial charge in [-0.3, -0.25) is 14.4 Å². The molecule has 1 heterocycles. The molecule has 7 heteroatoms. The van der Waals surface area contributed by atoms with Gasteiger partial charge >= 0.3 is 0 Å². The van der Waals surface area contributed by atoms with E-state index in [-0.39, 0.29) is 27.7 Å². The summed E-state index contributed by atoms with van der Waals surface area (Å²) in [6.07, 6.45) is 4.20. The van der Waals surface area contributed by atoms with Crippen LogP contribution in [0.4, 0.5) is 0 Å². The van der Waals surface area contributed by atoms with Gasteiger partial charge in [0.1, 0.15) is 10.7 Å². The van der Waals surface area contributed by atoms with Crippen molar-refractivity contribution in [3.05, 3.63) is 174 Å². The normalized spacial score (nSPS) is 12.0. The van der Waals surface area contributed by atoms with Gasteiger partial charge in [0, 0.05) is 31.6 Å². The van der Waals surface area contributed by atoms with E-state index < -0.39 is 0 Å². The number of aromatic nitrogens is 2. The highest BCUT2D eigenvalue weighted by molar-refractivity contribution is 5.94. The second-order valence-corrected chi connectivity index (χ2v) is 10.6. The van der Waals surface area contributed by atoms with E-state index in [2.05, 4.69) is 64.1 Å². The van der Waals surface area contributed by atoms with Crippen LogP contribution in [0.2, 0.25) is 0 Å². The minimum atomic E-state index is -0.373. The van der Waals surface area contributed by atoms with E-state index in [1.54, 1.807) is 43.5 Å². The lowest BCUT2D eigenvalue weighted by Crippen LogP contribution is -2.52. The van der Waals surface area contributed by atoms with E-state index in [1.807, 2.05) is 42.5 Å². The van der Waals surface area contributed by atoms with Crippen LogP contribution in [0.15, 0.2) is 125 Å². The molecule has 0 saturated carbocycles. The highest BCUT2D eigenvalue weighted by atomic mass is 16.2. The summed E-state index contributed by atoms with van der Waals surface area (Å²) in [4.78, 5) is 41.4. The third-order valence-corrected chi connectivity index (χ3v) is 7.54. The van der Waals surface area contributed by atoms with Gasteiger partial charge in [-0.25, -0.2) is 0 Å². The zero-order valence-electron chi connectivity index (χ0n) is 24.7. The van der Waals surface area contributed by atoms with E-state index in [4.69, 9.17) is 0 Å². The van der Waals surface area contributed by atoms with Gasteiger partial charge in [0.2, 0.25) is 0 Å². The van der Waals surface area contributed by atoms with Crippen LogP contribution in [0.1, 0.15) is 45.0 Å². The Hall–Kier alpha value is -5.27. The van der Waals surface area contributed by atoms with Crippen LogP contribution in [0.5, 0.6) is 0 Å². The zero-order chi connectivity index (χ0) is 30.7. The Bertz CT molecular complexity index is 1890. The van der Waals surface area contributed by atoms with Crippen LogP contribution in [-0.4, -0.2) is 35.1 Å². The molecule has 44 heavy (non-hydrogen) atoms. The Morgan fingerprint density at radius 3 is 2.02 bits per heavy atom. The lowest BCUT2D eigenvalue weighted by molar-refractivity contribution is 0.0954. The van der Waals surface area contributed by atoms with Gasteiger partial charge < -0.3 is 20.2 Å². The van der Waals surface area contributed by atoms with Crippen molar-refractivity contribution in [3.63, 3.8) is 0 Å². The molecule has 5 aromatic rings. The third-order valence-electron chi connectivity index (χ3n) is 7.54. The summed E-state index contributed by atoms with van der Waals surface area (Å²) >= 11 is 0. The smallest absolute Gasteiger partial charge is 0.274 e. The zero-order valence-corrected chi connectivity index (χ0v) is 24.7. The van der Waals surface area contributed by atoms with Gasteiger partial charge in [0.05, 0.1) is 0 Å². The molecular formula is C37H36N4O3. The van der Waals surface area contributed by atoms with Crippen molar-refractivity contribution in [3.8, 4) is 0 Å². The molecule has 0 radical (unpaired) electrons. The minimum Gasteiger partial charge on any atom is -0.351 e. The molecule has 4 aromatic carbocycles. The molecule has 0 fully saturated rings. The van der Waals surface area contributed by atoms with Crippen LogP contribution in [0.25, 0.3) is 12.2 Å². The fourth-order valence-electron chi connectivity index (χ4n) is 5.22. The monoisotopic (exact) mass is 584 g/mol. The number of amides is 1. The quantitative estimate of drug-likeness (QED) is 0.208. The van der Waals surface area contributed by atoms with Crippen molar-refractivity contribution in [2.45, 2.75) is 12.3 Å². The van der Waals surface area contributed by atoms with Crippen molar-refractivity contribution < 1.29 is 4.79 Å². The Morgan fingerprint density at radius 1 is 0.750 bits per heavy atom. The summed E-state index contributed by atoms with van der Waals surface area (Å²) in [5.74, 6) is 0.0890. The molecule has 0 atom stereocenters. The van der Waals surface area contributed by atoms with Gasteiger partial charge in [-0.15, -0.1) is 0 Å². The van der Waals surface area contributed by atoms with E-state index in [9.17, 15) is 14.4 Å². The Morgan fingerprint density at radius 2 is 1.36 bits per heavy atom. The van der Waals surface area contributed by atoms with E-state index in [0.29, 0.717) is 30.1 Å². The summed E-state index contributed by atoms with van der Waals surface area (Å²) in [5.41, 5.74) is 3.79. The number of benzene rings is 4. The summed E-state index contributed by atoms with van der Waals surface area (Å²) in [5, 5.41) is 6.81. The maximum absolute atomic E-state index is 13.0. The molecule has 7 nitrogen and oxygen atoms in total. The molecule has 3 N–H and O–H groups in total. The van der Waals surface area contributed by atoms with Crippen LogP contribution in [-0.2, 0) is 7.05 Å². The SMILES string of the molecule is Cn1c(=O)c(=Cc2cccc(C(=O)NCCNCCC(c3ccccc3)c3ccccc3)c2)[nH]c(=O)c1=Cc1ccccc1. The number of carbonyl (C=O) groups is 1. The van der Waals surface area contributed by atoms with Gasteiger partial charge in [0.25, 0.3) is 17.0 Å². The van der Waals surface area contributed by atoms with Crippen LogP contribution < -0.4 is 32.5 Å². The Labute approximate surface area is 256 Å². The molecule has 1 amide bonds. The molecule has 222 valence electrons. The molecule has 0 aliphatic heterocycles. The molecule has 0 spiro atoms. The predicted octanol–water partition coefficient (Wildman–Crippen LogP) is 3.27. The molecule has 0 unspecified atom stereocenters. The fraction of sp³-hybridized carbons (Fsp3) is 0.162. The topological polar surface area (TPSA) is 96.0 Å². The molecule has 0 saturated heterocycles. The maximum atomic E-state index is 13.0. The first-order chi connectivity index (χ1) is 21.5. The highest BCUT2D eigenvalue weighted by Gasteiger charge is 2.13. The summed E-state index contributed by atoms with van der Waals surface area (Å²) in [6, 6.07) is 37.3. The van der Waals surface area contributed by atoms with Crippen LogP contribution in [0.3, 0.4) is 0 Å². The minimum absolute atomic E-state index is 0.147.